The summed E-state index contributed by atoms with van der Waals surface area (Å²) in [6.45, 7) is 3.46. The molecule has 0 aliphatic rings. The lowest BCUT2D eigenvalue weighted by Crippen LogP contribution is -2.30. The molecule has 1 N–H and O–H groups in total. The Labute approximate surface area is 101 Å². The van der Waals surface area contributed by atoms with E-state index in [4.69, 9.17) is 9.47 Å². The van der Waals surface area contributed by atoms with Crippen LogP contribution in [-0.2, 0) is 15.1 Å². The first-order valence-electron chi connectivity index (χ1n) is 5.45. The fourth-order valence-electron chi connectivity index (χ4n) is 1.87. The highest BCUT2D eigenvalue weighted by molar-refractivity contribution is 5.31. The number of aliphatic hydroxyl groups is 1. The molecule has 0 heterocycles. The van der Waals surface area contributed by atoms with Crippen LogP contribution in [0.15, 0.2) is 18.2 Å². The molecule has 4 heteroatoms. The fourth-order valence-corrected chi connectivity index (χ4v) is 1.87. The first-order chi connectivity index (χ1) is 7.90. The largest absolute Gasteiger partial charge is 0.385 e. The number of hydrogen-bond acceptors (Lipinski definition) is 3. The third-order valence-electron chi connectivity index (χ3n) is 2.87. The van der Waals surface area contributed by atoms with Gasteiger partial charge >= 0.3 is 0 Å². The number of halogens is 1. The van der Waals surface area contributed by atoms with Crippen LogP contribution in [-0.4, -0.2) is 25.6 Å². The summed E-state index contributed by atoms with van der Waals surface area (Å²) in [5.74, 6) is -0.364. The van der Waals surface area contributed by atoms with Crippen LogP contribution in [0.4, 0.5) is 4.39 Å². The van der Waals surface area contributed by atoms with E-state index in [0.29, 0.717) is 5.56 Å². The molecule has 3 nitrogen and oxygen atoms in total. The van der Waals surface area contributed by atoms with E-state index in [-0.39, 0.29) is 12.2 Å². The second kappa shape index (κ2) is 5.58. The molecule has 0 aromatic heterocycles. The second-order valence-electron chi connectivity index (χ2n) is 4.34. The number of methoxy groups -OCH3 is 2. The maximum Gasteiger partial charge on any atom is 0.159 e. The van der Waals surface area contributed by atoms with Gasteiger partial charge in [-0.1, -0.05) is 6.07 Å². The molecule has 0 saturated carbocycles. The van der Waals surface area contributed by atoms with Crippen molar-refractivity contribution in [1.29, 1.82) is 0 Å². The highest BCUT2D eigenvalue weighted by Crippen LogP contribution is 2.30. The van der Waals surface area contributed by atoms with Gasteiger partial charge in [0, 0.05) is 20.6 Å². The van der Waals surface area contributed by atoms with Gasteiger partial charge < -0.3 is 14.6 Å². The Morgan fingerprint density at radius 3 is 2.47 bits per heavy atom. The Bertz CT molecular complexity index is 373. The van der Waals surface area contributed by atoms with E-state index in [1.54, 1.807) is 13.0 Å². The molecule has 0 aliphatic carbocycles. The lowest BCUT2D eigenvalue weighted by Gasteiger charge is -2.28. The summed E-state index contributed by atoms with van der Waals surface area (Å²) >= 11 is 0. The van der Waals surface area contributed by atoms with Gasteiger partial charge in [-0.3, -0.25) is 0 Å². The topological polar surface area (TPSA) is 38.7 Å². The molecule has 1 atom stereocenters. The molecule has 1 aromatic rings. The van der Waals surface area contributed by atoms with Crippen LogP contribution >= 0.6 is 0 Å². The molecule has 1 rings (SSSR count). The summed E-state index contributed by atoms with van der Waals surface area (Å²) in [4.78, 5) is 0. The van der Waals surface area contributed by atoms with Gasteiger partial charge in [0.2, 0.25) is 0 Å². The van der Waals surface area contributed by atoms with Crippen molar-refractivity contribution in [3.63, 3.8) is 0 Å². The molecule has 0 bridgehead atoms. The molecular weight excluding hydrogens is 223 g/mol. The van der Waals surface area contributed by atoms with E-state index in [1.807, 2.05) is 6.92 Å². The highest BCUT2D eigenvalue weighted by Gasteiger charge is 2.29. The molecule has 17 heavy (non-hydrogen) atoms. The molecule has 1 aromatic carbocycles. The van der Waals surface area contributed by atoms with Gasteiger partial charge in [-0.05, 0) is 37.1 Å². The van der Waals surface area contributed by atoms with Crippen LogP contribution < -0.4 is 0 Å². The standard InChI is InChI=1S/C13H19FO3/c1-9-5-6-10(14)7-11(9)13(2,15)8-12(16-3)17-4/h5-7,12,15H,8H2,1-4H3. The van der Waals surface area contributed by atoms with Crippen molar-refractivity contribution in [2.45, 2.75) is 32.2 Å². The number of benzene rings is 1. The van der Waals surface area contributed by atoms with E-state index in [0.717, 1.165) is 5.56 Å². The normalized spacial score (nSPS) is 15.0. The zero-order valence-electron chi connectivity index (χ0n) is 10.7. The van der Waals surface area contributed by atoms with Crippen LogP contribution in [0.5, 0.6) is 0 Å². The van der Waals surface area contributed by atoms with Crippen LogP contribution in [0.3, 0.4) is 0 Å². The van der Waals surface area contributed by atoms with Crippen LogP contribution in [0, 0.1) is 12.7 Å². The van der Waals surface area contributed by atoms with Crippen LogP contribution in [0.25, 0.3) is 0 Å². The van der Waals surface area contributed by atoms with Crippen LogP contribution in [0.1, 0.15) is 24.5 Å². The van der Waals surface area contributed by atoms with Gasteiger partial charge in [0.1, 0.15) is 5.82 Å². The van der Waals surface area contributed by atoms with Crippen LogP contribution in [0.2, 0.25) is 0 Å². The van der Waals surface area contributed by atoms with E-state index >= 15 is 0 Å². The smallest absolute Gasteiger partial charge is 0.159 e. The Morgan fingerprint density at radius 1 is 1.35 bits per heavy atom. The monoisotopic (exact) mass is 242 g/mol. The average Bonchev–Trinajstić information content (AvgIpc) is 2.29. The van der Waals surface area contributed by atoms with Crippen molar-refractivity contribution in [2.75, 3.05) is 14.2 Å². The second-order valence-corrected chi connectivity index (χ2v) is 4.34. The molecule has 0 fully saturated rings. The van der Waals surface area contributed by atoms with Gasteiger partial charge in [-0.25, -0.2) is 4.39 Å². The van der Waals surface area contributed by atoms with Gasteiger partial charge in [0.15, 0.2) is 6.29 Å². The van der Waals surface area contributed by atoms with Gasteiger partial charge in [-0.15, -0.1) is 0 Å². The van der Waals surface area contributed by atoms with E-state index in [1.165, 1.54) is 26.4 Å². The molecule has 0 saturated heterocycles. The minimum atomic E-state index is -1.19. The molecule has 0 aliphatic heterocycles. The fraction of sp³-hybridized carbons (Fsp3) is 0.538. The zero-order valence-corrected chi connectivity index (χ0v) is 10.7. The minimum Gasteiger partial charge on any atom is -0.385 e. The van der Waals surface area contributed by atoms with Crippen molar-refractivity contribution in [3.8, 4) is 0 Å². The third kappa shape index (κ3) is 3.49. The molecule has 96 valence electrons. The minimum absolute atomic E-state index is 0.240. The third-order valence-corrected chi connectivity index (χ3v) is 2.87. The van der Waals surface area contributed by atoms with E-state index in [2.05, 4.69) is 0 Å². The SMILES string of the molecule is COC(CC(C)(O)c1cc(F)ccc1C)OC. The Balaban J connectivity index is 2.99. The first-order valence-corrected chi connectivity index (χ1v) is 5.45. The summed E-state index contributed by atoms with van der Waals surface area (Å²) in [6, 6.07) is 4.37. The number of ether oxygens (including phenoxy) is 2. The van der Waals surface area contributed by atoms with E-state index in [9.17, 15) is 9.50 Å². The first kappa shape index (κ1) is 14.1. The average molecular weight is 242 g/mol. The lowest BCUT2D eigenvalue weighted by molar-refractivity contribution is -0.142. The molecule has 0 radical (unpaired) electrons. The van der Waals surface area contributed by atoms with Crippen molar-refractivity contribution in [3.05, 3.63) is 35.1 Å². The summed E-state index contributed by atoms with van der Waals surface area (Å²) in [6.07, 6.45) is -0.280. The van der Waals surface area contributed by atoms with Gasteiger partial charge in [0.05, 0.1) is 5.60 Å². The quantitative estimate of drug-likeness (QED) is 0.805. The van der Waals surface area contributed by atoms with Crippen molar-refractivity contribution in [2.24, 2.45) is 0 Å². The predicted molar refractivity (Wildman–Crippen MR) is 63.1 cm³/mol. The van der Waals surface area contributed by atoms with Gasteiger partial charge in [0.25, 0.3) is 0 Å². The molecular formula is C13H19FO3. The molecule has 1 unspecified atom stereocenters. The number of rotatable bonds is 5. The van der Waals surface area contributed by atoms with Crippen molar-refractivity contribution < 1.29 is 19.0 Å². The summed E-state index contributed by atoms with van der Waals surface area (Å²) in [5.41, 5.74) is 0.196. The van der Waals surface area contributed by atoms with E-state index < -0.39 is 11.9 Å². The van der Waals surface area contributed by atoms with Gasteiger partial charge in [-0.2, -0.15) is 0 Å². The number of hydrogen-bond donors (Lipinski definition) is 1. The predicted octanol–water partition coefficient (Wildman–Crippen LogP) is 2.35. The van der Waals surface area contributed by atoms with Crippen molar-refractivity contribution >= 4 is 0 Å². The Hall–Kier alpha value is -0.970. The molecule has 0 amide bonds. The van der Waals surface area contributed by atoms with Crippen molar-refractivity contribution in [1.82, 2.24) is 0 Å². The number of aryl methyl sites for hydroxylation is 1. The summed E-state index contributed by atoms with van der Waals surface area (Å²) in [7, 11) is 3.01. The summed E-state index contributed by atoms with van der Waals surface area (Å²) < 4.78 is 23.3. The lowest BCUT2D eigenvalue weighted by atomic mass is 9.89. The Morgan fingerprint density at radius 2 is 1.94 bits per heavy atom. The highest BCUT2D eigenvalue weighted by atomic mass is 19.1. The maximum atomic E-state index is 13.2. The maximum absolute atomic E-state index is 13.2. The Kier molecular flexibility index (Phi) is 4.62. The molecule has 0 spiro atoms. The zero-order chi connectivity index (χ0) is 13.1. The summed E-state index contributed by atoms with van der Waals surface area (Å²) in [5, 5.41) is 10.4.